The van der Waals surface area contributed by atoms with Crippen LogP contribution in [0.25, 0.3) is 74.9 Å². The van der Waals surface area contributed by atoms with Crippen LogP contribution >= 0.6 is 11.3 Å². The molecule has 0 bridgehead atoms. The first-order chi connectivity index (χ1) is 40.3. The molecule has 0 N–H and O–H groups in total. The molecule has 0 saturated heterocycles. The fraction of sp³-hybridized carbons (Fsp3) is 0.304. The molecule has 0 unspecified atom stereocenters. The van der Waals surface area contributed by atoms with Crippen molar-refractivity contribution >= 4 is 81.8 Å². The molecule has 87 heavy (non-hydrogen) atoms. The van der Waals surface area contributed by atoms with E-state index in [1.165, 1.54) is 38.9 Å². The molecule has 446 valence electrons. The Morgan fingerprint density at radius 2 is 1.00 bits per heavy atom. The summed E-state index contributed by atoms with van der Waals surface area (Å²) in [5, 5.41) is 4.37. The number of rotatable bonds is 7. The molecule has 12 rings (SSSR count). The summed E-state index contributed by atoms with van der Waals surface area (Å²) in [6.07, 6.45) is 1.91. The van der Waals surface area contributed by atoms with Gasteiger partial charge in [-0.25, -0.2) is 9.83 Å². The van der Waals surface area contributed by atoms with Crippen molar-refractivity contribution in [2.45, 2.75) is 157 Å². The van der Waals surface area contributed by atoms with Gasteiger partial charge in [0.05, 0.1) is 6.57 Å². The number of hydrogen-bond donors (Lipinski definition) is 0. The summed E-state index contributed by atoms with van der Waals surface area (Å²) in [7, 11) is 0. The van der Waals surface area contributed by atoms with Gasteiger partial charge in [-0.3, -0.25) is 0 Å². The Labute approximate surface area is 535 Å². The number of ether oxygens (including phenoxy) is 1. The maximum absolute atomic E-state index is 8.03. The number of fused-ring (bicyclic) bond motifs is 8. The number of nitrogens with zero attached hydrogens (tertiary/aromatic N) is 5. The summed E-state index contributed by atoms with van der Waals surface area (Å²) in [5.41, 5.74) is 18.2. The van der Waals surface area contributed by atoms with Crippen molar-refractivity contribution in [3.05, 3.63) is 215 Å². The van der Waals surface area contributed by atoms with Gasteiger partial charge in [-0.15, -0.1) is 65.0 Å². The van der Waals surface area contributed by atoms with E-state index in [0.717, 1.165) is 87.2 Å². The molecule has 8 aromatic carbocycles. The van der Waals surface area contributed by atoms with Gasteiger partial charge in [-0.1, -0.05) is 221 Å². The first-order valence-corrected chi connectivity index (χ1v) is 31.1. The third-order valence-electron chi connectivity index (χ3n) is 17.3. The number of thiophene rings is 1. The molecule has 3 aromatic heterocycles. The molecule has 1 aliphatic heterocycles. The number of pyridine rings is 1. The van der Waals surface area contributed by atoms with E-state index >= 15 is 0 Å². The number of aromatic nitrogens is 2. The minimum atomic E-state index is -0.251. The van der Waals surface area contributed by atoms with E-state index in [9.17, 15) is 0 Å². The second-order valence-electron chi connectivity index (χ2n) is 29.9. The fourth-order valence-electron chi connectivity index (χ4n) is 12.0. The zero-order valence-electron chi connectivity index (χ0n) is 53.9. The topological polar surface area (TPSA) is 37.9 Å². The van der Waals surface area contributed by atoms with E-state index in [4.69, 9.17) is 16.3 Å². The van der Waals surface area contributed by atoms with Crippen molar-refractivity contribution in [2.24, 2.45) is 0 Å². The summed E-state index contributed by atoms with van der Waals surface area (Å²) < 4.78 is 11.5. The van der Waals surface area contributed by atoms with E-state index in [1.54, 1.807) is 11.3 Å². The van der Waals surface area contributed by atoms with Gasteiger partial charge < -0.3 is 19.1 Å². The number of para-hydroxylation sites is 3. The second kappa shape index (κ2) is 21.7. The molecule has 0 amide bonds. The van der Waals surface area contributed by atoms with Crippen LogP contribution in [-0.4, -0.2) is 9.55 Å². The van der Waals surface area contributed by atoms with Crippen LogP contribution in [0.4, 0.5) is 28.4 Å². The van der Waals surface area contributed by atoms with Crippen LogP contribution in [0.3, 0.4) is 0 Å². The Hall–Kier alpha value is -7.49. The van der Waals surface area contributed by atoms with Gasteiger partial charge in [0, 0.05) is 81.9 Å². The van der Waals surface area contributed by atoms with Crippen LogP contribution in [0.15, 0.2) is 152 Å². The molecule has 4 heterocycles. The van der Waals surface area contributed by atoms with Gasteiger partial charge in [-0.05, 0) is 118 Å². The third-order valence-corrected chi connectivity index (χ3v) is 18.5. The van der Waals surface area contributed by atoms with Gasteiger partial charge in [0.15, 0.2) is 0 Å². The molecule has 1 aliphatic rings. The average molecular weight is 1340 g/mol. The zero-order chi connectivity index (χ0) is 61.4. The van der Waals surface area contributed by atoms with Crippen molar-refractivity contribution in [3.8, 4) is 39.6 Å². The Morgan fingerprint density at radius 3 is 1.55 bits per heavy atom. The molecular formula is C79H80N5OPtS-3. The predicted octanol–water partition coefficient (Wildman–Crippen LogP) is 23.0. The number of anilines is 4. The molecular weight excluding hydrogens is 1260 g/mol. The first-order valence-electron chi connectivity index (χ1n) is 30.3. The van der Waals surface area contributed by atoms with Gasteiger partial charge in [0.1, 0.15) is 5.82 Å². The van der Waals surface area contributed by atoms with Crippen LogP contribution < -0.4 is 14.5 Å². The minimum absolute atomic E-state index is 0. The van der Waals surface area contributed by atoms with Gasteiger partial charge >= 0.3 is 0 Å². The molecule has 0 spiro atoms. The van der Waals surface area contributed by atoms with Gasteiger partial charge in [-0.2, -0.15) is 6.07 Å². The fourth-order valence-corrected chi connectivity index (χ4v) is 13.3. The smallest absolute Gasteiger partial charge is 0.204 e. The Morgan fingerprint density at radius 1 is 0.483 bits per heavy atom. The average Bonchev–Trinajstić information content (AvgIpc) is 1.60. The molecule has 0 saturated carbocycles. The number of benzene rings is 8. The summed E-state index contributed by atoms with van der Waals surface area (Å²) in [6.45, 7) is 51.6. The normalized spacial score (nSPS) is 13.4. The van der Waals surface area contributed by atoms with E-state index in [-0.39, 0.29) is 53.6 Å². The Balaban J connectivity index is 0.00000784. The summed E-state index contributed by atoms with van der Waals surface area (Å²) in [4.78, 5) is 13.7. The van der Waals surface area contributed by atoms with Gasteiger partial charge in [0.2, 0.25) is 5.69 Å². The van der Waals surface area contributed by atoms with E-state index in [0.29, 0.717) is 17.2 Å². The standard InChI is InChI=1S/C79H80N5OS.Pt/c1-74(2,3)50-34-35-81-69(44-50)84-67-33-32-62-61-26-23-27-64(80-19)72(61)86-73(62)70(67)63-31-30-57(46-68(63)84)85-58-43-55(79(16,17)18)42-56(45-58)82-47-83(66-29-21-20-28-65(66)82)71-59(48-36-51(75(4,5)6)40-52(37-48)76(7,8)9)24-22-25-60(71)49-38-53(77(10,11)12)41-54(39-49)78(13,14)15;/h20-44,47H,1-18H3;/q-3;. The van der Waals surface area contributed by atoms with Crippen molar-refractivity contribution in [1.29, 1.82) is 0 Å². The Bertz CT molecular complexity index is 4410. The molecule has 8 heteroatoms. The van der Waals surface area contributed by atoms with Crippen molar-refractivity contribution in [1.82, 2.24) is 9.55 Å². The Kier molecular flexibility index (Phi) is 15.2. The van der Waals surface area contributed by atoms with Crippen LogP contribution in [0, 0.1) is 25.4 Å². The van der Waals surface area contributed by atoms with Crippen LogP contribution in [0.5, 0.6) is 11.5 Å². The van der Waals surface area contributed by atoms with Gasteiger partial charge in [0.25, 0.3) is 0 Å². The maximum atomic E-state index is 8.03. The number of hydrogen-bond acceptors (Lipinski definition) is 5. The zero-order valence-corrected chi connectivity index (χ0v) is 57.0. The van der Waals surface area contributed by atoms with Crippen molar-refractivity contribution in [2.75, 3.05) is 9.80 Å². The molecule has 0 fully saturated rings. The largest absolute Gasteiger partial charge is 0.509 e. The summed E-state index contributed by atoms with van der Waals surface area (Å²) in [5.74, 6) is 1.96. The van der Waals surface area contributed by atoms with Crippen LogP contribution in [0.1, 0.15) is 158 Å². The van der Waals surface area contributed by atoms with Crippen LogP contribution in [-0.2, 0) is 53.6 Å². The van der Waals surface area contributed by atoms with Crippen LogP contribution in [0.2, 0.25) is 0 Å². The maximum Gasteiger partial charge on any atom is 0.204 e. The summed E-state index contributed by atoms with van der Waals surface area (Å²) in [6, 6.07) is 61.2. The monoisotopic (exact) mass is 1340 g/mol. The minimum Gasteiger partial charge on any atom is -0.509 e. The summed E-state index contributed by atoms with van der Waals surface area (Å²) >= 11 is 1.69. The molecule has 6 nitrogen and oxygen atoms in total. The van der Waals surface area contributed by atoms with Crippen molar-refractivity contribution in [3.63, 3.8) is 0 Å². The molecule has 0 radical (unpaired) electrons. The molecule has 0 atom stereocenters. The van der Waals surface area contributed by atoms with E-state index in [1.807, 2.05) is 24.4 Å². The predicted molar refractivity (Wildman–Crippen MR) is 366 cm³/mol. The SMILES string of the molecule is [C-]#[N+]c1cccc2c1sc1c2ccc2c1c1ccc(Oc3[c-]c(N4[CH-]N(c5c(-c6cc(C(C)(C)C)cc(C(C)(C)C)c6)cccc5-c5cc(C(C)(C)C)cc(C(C)(C)C)c5)c5ccccc54)cc(C(C)(C)C)c3)[c-]c1n2-c1cc(C(C)(C)C)ccn1.[Pt]. The van der Waals surface area contributed by atoms with Crippen molar-refractivity contribution < 1.29 is 25.8 Å². The van der Waals surface area contributed by atoms with E-state index in [2.05, 4.69) is 290 Å². The second-order valence-corrected chi connectivity index (χ2v) is 30.9. The first kappa shape index (κ1) is 61.2. The quantitative estimate of drug-likeness (QED) is 0.149. The third kappa shape index (κ3) is 11.3. The molecule has 11 aromatic rings. The van der Waals surface area contributed by atoms with E-state index < -0.39 is 0 Å². The molecule has 0 aliphatic carbocycles.